The minimum atomic E-state index is -5.84. The zero-order valence-electron chi connectivity index (χ0n) is 11.6. The molecular weight excluding hydrogens is 353 g/mol. The summed E-state index contributed by atoms with van der Waals surface area (Å²) < 4.78 is 57.5. The summed E-state index contributed by atoms with van der Waals surface area (Å²) in [6, 6.07) is 9.57. The Morgan fingerprint density at radius 2 is 1.67 bits per heavy atom. The number of hydrogen-bond acceptors (Lipinski definition) is 4. The first-order chi connectivity index (χ1) is 11.0. The number of hydrogen-bond donors (Lipinski definition) is 3. The largest absolute Gasteiger partial charge is 0.522 e. The van der Waals surface area contributed by atoms with Crippen molar-refractivity contribution in [3.63, 3.8) is 0 Å². The molecule has 0 saturated carbocycles. The normalized spacial score (nSPS) is 14.9. The molecule has 2 heterocycles. The summed E-state index contributed by atoms with van der Waals surface area (Å²) in [6.45, 7) is 0. The molecule has 7 nitrogen and oxygen atoms in total. The van der Waals surface area contributed by atoms with E-state index in [9.17, 15) is 22.8 Å². The maximum absolute atomic E-state index is 11.4. The second-order valence-electron chi connectivity index (χ2n) is 4.57. The molecule has 0 unspecified atom stereocenters. The minimum absolute atomic E-state index is 0.350. The number of carbonyl (C=O) groups is 2. The number of imide groups is 1. The number of alkyl halides is 3. The Hall–Kier alpha value is -2.66. The third-order valence-electron chi connectivity index (χ3n) is 2.87. The molecule has 0 bridgehead atoms. The molecule has 0 spiro atoms. The molecule has 2 aromatic rings. The Kier molecular flexibility index (Phi) is 4.49. The van der Waals surface area contributed by atoms with E-state index < -0.39 is 15.6 Å². The maximum atomic E-state index is 11.4. The molecule has 0 aliphatic carbocycles. The smallest absolute Gasteiger partial charge is 0.354 e. The summed E-state index contributed by atoms with van der Waals surface area (Å²) in [5.74, 6) is -0.713. The van der Waals surface area contributed by atoms with Crippen LogP contribution in [0.15, 0.2) is 36.4 Å². The van der Waals surface area contributed by atoms with Gasteiger partial charge in [-0.05, 0) is 12.1 Å². The maximum Gasteiger partial charge on any atom is 0.522 e. The van der Waals surface area contributed by atoms with Gasteiger partial charge in [0.1, 0.15) is 0 Å². The van der Waals surface area contributed by atoms with Crippen LogP contribution in [0, 0.1) is 0 Å². The van der Waals surface area contributed by atoms with E-state index in [-0.39, 0.29) is 11.8 Å². The van der Waals surface area contributed by atoms with Crippen molar-refractivity contribution in [2.75, 3.05) is 0 Å². The third kappa shape index (κ3) is 3.81. The molecule has 0 fully saturated rings. The van der Waals surface area contributed by atoms with E-state index >= 15 is 0 Å². The monoisotopic (exact) mass is 362 g/mol. The highest BCUT2D eigenvalue weighted by molar-refractivity contribution is 7.86. The number of halogens is 3. The van der Waals surface area contributed by atoms with Crippen LogP contribution in [-0.4, -0.2) is 35.3 Å². The van der Waals surface area contributed by atoms with Crippen LogP contribution in [0.1, 0.15) is 5.69 Å². The Labute approximate surface area is 132 Å². The number of rotatable bonds is 1. The lowest BCUT2D eigenvalue weighted by molar-refractivity contribution is -0.123. The van der Waals surface area contributed by atoms with E-state index in [1.807, 2.05) is 30.3 Å². The van der Waals surface area contributed by atoms with E-state index in [4.69, 9.17) is 13.0 Å². The summed E-state index contributed by atoms with van der Waals surface area (Å²) in [7, 11) is -5.84. The average molecular weight is 362 g/mol. The minimum Gasteiger partial charge on any atom is -0.354 e. The molecule has 0 atom stereocenters. The molecule has 1 aliphatic heterocycles. The van der Waals surface area contributed by atoms with Crippen molar-refractivity contribution < 1.29 is 35.7 Å². The number of aromatic nitrogens is 1. The van der Waals surface area contributed by atoms with Crippen LogP contribution in [-0.2, 0) is 19.7 Å². The number of fused-ring (bicyclic) bond motifs is 1. The molecule has 128 valence electrons. The van der Waals surface area contributed by atoms with Gasteiger partial charge in [0.05, 0.1) is 11.3 Å². The van der Waals surface area contributed by atoms with Crippen LogP contribution in [0.3, 0.4) is 0 Å². The van der Waals surface area contributed by atoms with Crippen molar-refractivity contribution in [3.8, 4) is 0 Å². The molecular formula is C13H9F3N2O5S. The summed E-state index contributed by atoms with van der Waals surface area (Å²) in [5, 5.41) is 3.24. The molecule has 24 heavy (non-hydrogen) atoms. The first-order valence-corrected chi connectivity index (χ1v) is 7.62. The van der Waals surface area contributed by atoms with Gasteiger partial charge in [-0.15, -0.1) is 0 Å². The number of H-pyrrole nitrogens is 1. The Morgan fingerprint density at radius 1 is 1.08 bits per heavy atom. The highest BCUT2D eigenvalue weighted by atomic mass is 32.2. The van der Waals surface area contributed by atoms with Gasteiger partial charge >= 0.3 is 15.6 Å². The van der Waals surface area contributed by atoms with Gasteiger partial charge in [-0.1, -0.05) is 18.2 Å². The van der Waals surface area contributed by atoms with Gasteiger partial charge in [-0.3, -0.25) is 19.5 Å². The summed E-state index contributed by atoms with van der Waals surface area (Å²) in [6.07, 6.45) is 1.31. The zero-order valence-corrected chi connectivity index (χ0v) is 12.4. The number of aromatic amines is 1. The number of carbonyl (C=O) groups excluding carboxylic acids is 2. The molecule has 3 N–H and O–H groups in total. The van der Waals surface area contributed by atoms with Gasteiger partial charge in [-0.25, -0.2) is 0 Å². The molecule has 3 rings (SSSR count). The highest BCUT2D eigenvalue weighted by Gasteiger charge is 2.44. The van der Waals surface area contributed by atoms with Crippen molar-refractivity contribution in [3.05, 3.63) is 42.1 Å². The number of amides is 2. The zero-order chi connectivity index (χ0) is 18.1. The molecule has 2 amide bonds. The van der Waals surface area contributed by atoms with E-state index in [2.05, 4.69) is 10.3 Å². The second kappa shape index (κ2) is 6.09. The predicted octanol–water partition coefficient (Wildman–Crippen LogP) is 1.60. The molecule has 0 radical (unpaired) electrons. The Morgan fingerprint density at radius 3 is 2.12 bits per heavy atom. The standard InChI is InChI=1S/C12H8N2O2.CHF3O3S/c15-11-6-8(12(16)14-11)10-5-7-3-1-2-4-9(7)13-10;2-1(3,4)8(5,6)7/h1-6,13H,(H,14,15,16);(H,5,6,7). The van der Waals surface area contributed by atoms with Crippen molar-refractivity contribution >= 4 is 38.4 Å². The SMILES string of the molecule is O=C1C=C(c2cc3ccccc3[nH]2)C(=O)N1.O=S(=O)(O)C(F)(F)F. The van der Waals surface area contributed by atoms with E-state index in [0.29, 0.717) is 11.3 Å². The van der Waals surface area contributed by atoms with Gasteiger partial charge in [-0.2, -0.15) is 21.6 Å². The van der Waals surface area contributed by atoms with Crippen LogP contribution in [0.4, 0.5) is 13.2 Å². The molecule has 1 aliphatic rings. The van der Waals surface area contributed by atoms with Crippen LogP contribution in [0.5, 0.6) is 0 Å². The lowest BCUT2D eigenvalue weighted by Gasteiger charge is -1.97. The first-order valence-electron chi connectivity index (χ1n) is 6.18. The highest BCUT2D eigenvalue weighted by Crippen LogP contribution is 2.22. The van der Waals surface area contributed by atoms with Crippen molar-refractivity contribution in [2.24, 2.45) is 0 Å². The number of para-hydroxylation sites is 1. The molecule has 0 saturated heterocycles. The van der Waals surface area contributed by atoms with Gasteiger partial charge in [0, 0.05) is 17.0 Å². The van der Waals surface area contributed by atoms with Crippen molar-refractivity contribution in [1.29, 1.82) is 0 Å². The van der Waals surface area contributed by atoms with E-state index in [1.165, 1.54) is 6.08 Å². The topological polar surface area (TPSA) is 116 Å². The molecule has 1 aromatic carbocycles. The Balaban J connectivity index is 0.000000224. The lowest BCUT2D eigenvalue weighted by atomic mass is 10.2. The van der Waals surface area contributed by atoms with Gasteiger partial charge in [0.15, 0.2) is 0 Å². The van der Waals surface area contributed by atoms with Gasteiger partial charge < -0.3 is 4.98 Å². The first kappa shape index (κ1) is 17.7. The lowest BCUT2D eigenvalue weighted by Crippen LogP contribution is -2.21. The van der Waals surface area contributed by atoms with Crippen LogP contribution >= 0.6 is 0 Å². The molecule has 1 aromatic heterocycles. The second-order valence-corrected chi connectivity index (χ2v) is 5.98. The third-order valence-corrected chi connectivity index (χ3v) is 3.45. The Bertz CT molecular complexity index is 911. The van der Waals surface area contributed by atoms with Crippen LogP contribution < -0.4 is 5.32 Å². The fraction of sp³-hybridized carbons (Fsp3) is 0.0769. The number of nitrogens with one attached hydrogen (secondary N) is 2. The van der Waals surface area contributed by atoms with E-state index in [0.717, 1.165) is 10.9 Å². The van der Waals surface area contributed by atoms with Crippen molar-refractivity contribution in [1.82, 2.24) is 10.3 Å². The van der Waals surface area contributed by atoms with Crippen LogP contribution in [0.2, 0.25) is 0 Å². The van der Waals surface area contributed by atoms with E-state index in [1.54, 1.807) is 0 Å². The van der Waals surface area contributed by atoms with Gasteiger partial charge in [0.25, 0.3) is 11.8 Å². The quantitative estimate of drug-likeness (QED) is 0.405. The fourth-order valence-electron chi connectivity index (χ4n) is 1.83. The van der Waals surface area contributed by atoms with Crippen LogP contribution in [0.25, 0.3) is 16.5 Å². The predicted molar refractivity (Wildman–Crippen MR) is 77.0 cm³/mol. The van der Waals surface area contributed by atoms with Gasteiger partial charge in [0.2, 0.25) is 0 Å². The number of benzene rings is 1. The molecule has 11 heteroatoms. The van der Waals surface area contributed by atoms with Crippen molar-refractivity contribution in [2.45, 2.75) is 5.51 Å². The fourth-order valence-corrected chi connectivity index (χ4v) is 1.83. The average Bonchev–Trinajstić information content (AvgIpc) is 2.99. The summed E-state index contributed by atoms with van der Waals surface area (Å²) in [4.78, 5) is 25.6. The summed E-state index contributed by atoms with van der Waals surface area (Å²) in [5.41, 5.74) is -3.52. The summed E-state index contributed by atoms with van der Waals surface area (Å²) >= 11 is 0.